The van der Waals surface area contributed by atoms with Crippen molar-refractivity contribution in [3.05, 3.63) is 75.9 Å². The van der Waals surface area contributed by atoms with E-state index in [1.807, 2.05) is 10.3 Å². The molecular formula is C22H23N3O5S2. The highest BCUT2D eigenvalue weighted by molar-refractivity contribution is 7.89. The molecule has 8 nitrogen and oxygen atoms in total. The number of furan rings is 1. The largest absolute Gasteiger partial charge is 0.468 e. The average molecular weight is 474 g/mol. The van der Waals surface area contributed by atoms with Crippen molar-refractivity contribution in [1.82, 2.24) is 14.9 Å². The first-order chi connectivity index (χ1) is 15.4. The Balaban J connectivity index is 1.25. The van der Waals surface area contributed by atoms with Gasteiger partial charge in [0.2, 0.25) is 15.9 Å². The van der Waals surface area contributed by atoms with Crippen LogP contribution in [0.1, 0.15) is 33.0 Å². The third kappa shape index (κ3) is 5.26. The maximum atomic E-state index is 12.4. The Bertz CT molecular complexity index is 1180. The number of nitrogens with zero attached hydrogens (tertiary/aromatic N) is 1. The molecule has 2 aromatic heterocycles. The number of nitrogens with one attached hydrogen (secondary N) is 2. The van der Waals surface area contributed by atoms with Crippen LogP contribution in [0.4, 0.5) is 0 Å². The van der Waals surface area contributed by atoms with Gasteiger partial charge in [-0.25, -0.2) is 13.1 Å². The molecule has 2 amide bonds. The Morgan fingerprint density at radius 3 is 2.69 bits per heavy atom. The fraction of sp³-hybridized carbons (Fsp3) is 0.273. The number of hydrogen-bond donors (Lipinski definition) is 2. The number of fused-ring (bicyclic) bond motifs is 1. The smallest absolute Gasteiger partial charge is 0.251 e. The van der Waals surface area contributed by atoms with Crippen molar-refractivity contribution in [3.8, 4) is 0 Å². The van der Waals surface area contributed by atoms with Gasteiger partial charge in [-0.3, -0.25) is 9.59 Å². The van der Waals surface area contributed by atoms with Gasteiger partial charge in [0.1, 0.15) is 5.76 Å². The summed E-state index contributed by atoms with van der Waals surface area (Å²) in [5.41, 5.74) is 1.52. The van der Waals surface area contributed by atoms with Crippen LogP contribution in [0.5, 0.6) is 0 Å². The first-order valence-corrected chi connectivity index (χ1v) is 12.5. The van der Waals surface area contributed by atoms with Gasteiger partial charge in [-0.05, 0) is 59.8 Å². The van der Waals surface area contributed by atoms with E-state index in [-0.39, 0.29) is 36.2 Å². The van der Waals surface area contributed by atoms with Gasteiger partial charge in [0.05, 0.1) is 17.7 Å². The van der Waals surface area contributed by atoms with E-state index >= 15 is 0 Å². The summed E-state index contributed by atoms with van der Waals surface area (Å²) in [6.45, 7) is 1.57. The summed E-state index contributed by atoms with van der Waals surface area (Å²) < 4.78 is 32.3. The fourth-order valence-corrected chi connectivity index (χ4v) is 5.34. The van der Waals surface area contributed by atoms with Crippen molar-refractivity contribution < 1.29 is 22.4 Å². The average Bonchev–Trinajstić information content (AvgIpc) is 3.49. The van der Waals surface area contributed by atoms with E-state index in [9.17, 15) is 18.0 Å². The summed E-state index contributed by atoms with van der Waals surface area (Å²) in [7, 11) is -3.73. The van der Waals surface area contributed by atoms with Crippen molar-refractivity contribution in [2.24, 2.45) is 0 Å². The van der Waals surface area contributed by atoms with Crippen LogP contribution in [-0.4, -0.2) is 38.2 Å². The molecular weight excluding hydrogens is 450 g/mol. The number of sulfonamides is 1. The van der Waals surface area contributed by atoms with Crippen molar-refractivity contribution in [2.45, 2.75) is 30.8 Å². The van der Waals surface area contributed by atoms with E-state index in [2.05, 4.69) is 16.1 Å². The Hall–Kier alpha value is -2.95. The Morgan fingerprint density at radius 2 is 1.94 bits per heavy atom. The van der Waals surface area contributed by atoms with Gasteiger partial charge < -0.3 is 14.6 Å². The number of benzene rings is 1. The van der Waals surface area contributed by atoms with Gasteiger partial charge in [0, 0.05) is 36.5 Å². The maximum absolute atomic E-state index is 12.4. The van der Waals surface area contributed by atoms with Gasteiger partial charge in [-0.15, -0.1) is 11.3 Å². The number of hydrogen-bond acceptors (Lipinski definition) is 6. The maximum Gasteiger partial charge on any atom is 0.251 e. The van der Waals surface area contributed by atoms with Crippen LogP contribution in [0.15, 0.2) is 63.4 Å². The molecule has 2 N–H and O–H groups in total. The summed E-state index contributed by atoms with van der Waals surface area (Å²) in [6, 6.07) is 11.0. The molecule has 1 aromatic carbocycles. The molecule has 1 aliphatic heterocycles. The van der Waals surface area contributed by atoms with Crippen LogP contribution >= 0.6 is 11.3 Å². The van der Waals surface area contributed by atoms with E-state index < -0.39 is 10.0 Å². The van der Waals surface area contributed by atoms with Crippen molar-refractivity contribution in [2.75, 3.05) is 13.1 Å². The second-order valence-corrected chi connectivity index (χ2v) is 10.1. The number of rotatable bonds is 8. The molecule has 0 atom stereocenters. The molecule has 0 spiro atoms. The lowest BCUT2D eigenvalue weighted by molar-refractivity contribution is -0.131. The minimum Gasteiger partial charge on any atom is -0.468 e. The van der Waals surface area contributed by atoms with E-state index in [0.717, 1.165) is 6.42 Å². The molecule has 32 heavy (non-hydrogen) atoms. The van der Waals surface area contributed by atoms with Crippen LogP contribution in [0, 0.1) is 0 Å². The van der Waals surface area contributed by atoms with Crippen LogP contribution in [0.2, 0.25) is 0 Å². The molecule has 0 saturated heterocycles. The second kappa shape index (κ2) is 9.68. The van der Waals surface area contributed by atoms with Crippen LogP contribution in [0.3, 0.4) is 0 Å². The molecule has 0 radical (unpaired) electrons. The number of amides is 2. The first-order valence-electron chi connectivity index (χ1n) is 10.2. The summed E-state index contributed by atoms with van der Waals surface area (Å²) >= 11 is 1.72. The Kier molecular flexibility index (Phi) is 6.73. The zero-order valence-electron chi connectivity index (χ0n) is 17.2. The van der Waals surface area contributed by atoms with Gasteiger partial charge in [0.15, 0.2) is 0 Å². The molecule has 10 heteroatoms. The van der Waals surface area contributed by atoms with Crippen LogP contribution in [-0.2, 0) is 34.3 Å². The van der Waals surface area contributed by atoms with Gasteiger partial charge in [-0.2, -0.15) is 0 Å². The summed E-state index contributed by atoms with van der Waals surface area (Å²) in [5, 5.41) is 4.77. The minimum absolute atomic E-state index is 0.00576. The molecule has 0 saturated carbocycles. The van der Waals surface area contributed by atoms with Crippen molar-refractivity contribution in [1.29, 1.82) is 0 Å². The topological polar surface area (TPSA) is 109 Å². The standard InChI is InChI=1S/C22H23N3O5S2/c26-21(25-11-8-20-17(15-25)9-13-31-20)7-10-23-22(27)16-3-5-19(6-4-16)32(28,29)24-14-18-2-1-12-30-18/h1-6,9,12-13,24H,7-8,10-11,14-15H2,(H,23,27). The van der Waals surface area contributed by atoms with Crippen molar-refractivity contribution >= 4 is 33.2 Å². The Morgan fingerprint density at radius 1 is 1.12 bits per heavy atom. The summed E-state index contributed by atoms with van der Waals surface area (Å²) in [5.74, 6) is 0.148. The molecule has 3 heterocycles. The minimum atomic E-state index is -3.73. The third-order valence-corrected chi connectivity index (χ3v) is 7.67. The van der Waals surface area contributed by atoms with E-state index in [4.69, 9.17) is 4.42 Å². The van der Waals surface area contributed by atoms with Gasteiger partial charge >= 0.3 is 0 Å². The quantitative estimate of drug-likeness (QED) is 0.523. The van der Waals surface area contributed by atoms with Gasteiger partial charge in [0.25, 0.3) is 5.91 Å². The van der Waals surface area contributed by atoms with Crippen LogP contribution in [0.25, 0.3) is 0 Å². The van der Waals surface area contributed by atoms with Crippen molar-refractivity contribution in [3.63, 3.8) is 0 Å². The fourth-order valence-electron chi connectivity index (χ4n) is 3.45. The zero-order chi connectivity index (χ0) is 22.6. The SMILES string of the molecule is O=C(NCCC(=O)N1CCc2sccc2C1)c1ccc(S(=O)(=O)NCc2ccco2)cc1. The summed E-state index contributed by atoms with van der Waals surface area (Å²) in [4.78, 5) is 28.0. The highest BCUT2D eigenvalue weighted by Crippen LogP contribution is 2.24. The van der Waals surface area contributed by atoms with Crippen LogP contribution < -0.4 is 10.0 Å². The molecule has 0 aliphatic carbocycles. The first kappa shape index (κ1) is 22.3. The Labute approximate surface area is 190 Å². The summed E-state index contributed by atoms with van der Waals surface area (Å²) in [6.07, 6.45) is 2.56. The molecule has 0 unspecified atom stereocenters. The molecule has 3 aromatic rings. The number of carbonyl (C=O) groups is 2. The number of thiophene rings is 1. The lowest BCUT2D eigenvalue weighted by atomic mass is 10.1. The monoisotopic (exact) mass is 473 g/mol. The van der Waals surface area contributed by atoms with Gasteiger partial charge in [-0.1, -0.05) is 0 Å². The molecule has 1 aliphatic rings. The number of carbonyl (C=O) groups excluding carboxylic acids is 2. The zero-order valence-corrected chi connectivity index (χ0v) is 18.9. The predicted octanol–water partition coefficient (Wildman–Crippen LogP) is 2.52. The predicted molar refractivity (Wildman–Crippen MR) is 120 cm³/mol. The lowest BCUT2D eigenvalue weighted by Crippen LogP contribution is -2.37. The second-order valence-electron chi connectivity index (χ2n) is 7.37. The molecule has 168 valence electrons. The molecule has 4 rings (SSSR count). The molecule has 0 bridgehead atoms. The van der Waals surface area contributed by atoms with E-state index in [1.165, 1.54) is 41.0 Å². The highest BCUT2D eigenvalue weighted by Gasteiger charge is 2.21. The van der Waals surface area contributed by atoms with E-state index in [1.54, 1.807) is 23.5 Å². The lowest BCUT2D eigenvalue weighted by Gasteiger charge is -2.27. The third-order valence-electron chi connectivity index (χ3n) is 5.23. The van der Waals surface area contributed by atoms with E-state index in [0.29, 0.717) is 24.4 Å². The molecule has 0 fully saturated rings. The normalized spacial score (nSPS) is 13.6. The highest BCUT2D eigenvalue weighted by atomic mass is 32.2.